The molecule has 1 aromatic carbocycles. The summed E-state index contributed by atoms with van der Waals surface area (Å²) >= 11 is 0. The van der Waals surface area contributed by atoms with E-state index in [1.54, 1.807) is 0 Å². The van der Waals surface area contributed by atoms with Crippen molar-refractivity contribution >= 4 is 5.91 Å². The zero-order valence-corrected chi connectivity index (χ0v) is 13.3. The fraction of sp³-hybridized carbons (Fsp3) is 0.611. The molecule has 118 valence electrons. The molecule has 0 fully saturated rings. The van der Waals surface area contributed by atoms with Gasteiger partial charge in [0, 0.05) is 13.2 Å². The minimum atomic E-state index is -0.0614. The van der Waals surface area contributed by atoms with Gasteiger partial charge in [0.2, 0.25) is 5.91 Å². The van der Waals surface area contributed by atoms with E-state index in [0.717, 1.165) is 44.2 Å². The zero-order chi connectivity index (χ0) is 15.5. The predicted molar refractivity (Wildman–Crippen MR) is 87.2 cm³/mol. The monoisotopic (exact) mass is 291 g/mol. The van der Waals surface area contributed by atoms with Crippen molar-refractivity contribution in [1.29, 1.82) is 0 Å². The van der Waals surface area contributed by atoms with Crippen LogP contribution in [0.25, 0.3) is 0 Å². The lowest BCUT2D eigenvalue weighted by molar-refractivity contribution is -0.123. The highest BCUT2D eigenvalue weighted by molar-refractivity contribution is 5.83. The summed E-state index contributed by atoms with van der Waals surface area (Å²) in [6.45, 7) is 5.25. The van der Waals surface area contributed by atoms with E-state index in [9.17, 15) is 4.79 Å². The molecule has 0 aromatic heterocycles. The molecule has 21 heavy (non-hydrogen) atoms. The zero-order valence-electron chi connectivity index (χ0n) is 13.3. The van der Waals surface area contributed by atoms with E-state index in [-0.39, 0.29) is 18.4 Å². The van der Waals surface area contributed by atoms with Gasteiger partial charge >= 0.3 is 0 Å². The highest BCUT2D eigenvalue weighted by Crippen LogP contribution is 2.27. The Morgan fingerprint density at radius 2 is 1.81 bits per heavy atom. The molecule has 2 atom stereocenters. The summed E-state index contributed by atoms with van der Waals surface area (Å²) in [7, 11) is 0. The van der Waals surface area contributed by atoms with E-state index in [0.29, 0.717) is 5.92 Å². The SMILES string of the molecule is CCC(C)C(C(=O)NCCCCCCO)c1ccccc1. The van der Waals surface area contributed by atoms with Gasteiger partial charge in [-0.25, -0.2) is 0 Å². The van der Waals surface area contributed by atoms with E-state index < -0.39 is 0 Å². The fourth-order valence-corrected chi connectivity index (χ4v) is 2.55. The van der Waals surface area contributed by atoms with Crippen LogP contribution in [0.2, 0.25) is 0 Å². The van der Waals surface area contributed by atoms with Crippen LogP contribution < -0.4 is 5.32 Å². The molecule has 3 heteroatoms. The van der Waals surface area contributed by atoms with Crippen molar-refractivity contribution < 1.29 is 9.90 Å². The number of carbonyl (C=O) groups excluding carboxylic acids is 1. The second-order valence-corrected chi connectivity index (χ2v) is 5.70. The van der Waals surface area contributed by atoms with Gasteiger partial charge in [0.1, 0.15) is 0 Å². The lowest BCUT2D eigenvalue weighted by Gasteiger charge is -2.22. The van der Waals surface area contributed by atoms with Gasteiger partial charge in [-0.15, -0.1) is 0 Å². The number of aliphatic hydroxyl groups excluding tert-OH is 1. The smallest absolute Gasteiger partial charge is 0.227 e. The topological polar surface area (TPSA) is 49.3 Å². The van der Waals surface area contributed by atoms with Crippen LogP contribution >= 0.6 is 0 Å². The standard InChI is InChI=1S/C18H29NO2/c1-3-15(2)17(16-11-7-6-8-12-16)18(21)19-13-9-4-5-10-14-20/h6-8,11-12,15,17,20H,3-5,9-10,13-14H2,1-2H3,(H,19,21). The van der Waals surface area contributed by atoms with Crippen molar-refractivity contribution in [3.05, 3.63) is 35.9 Å². The Morgan fingerprint density at radius 3 is 2.43 bits per heavy atom. The van der Waals surface area contributed by atoms with Gasteiger partial charge in [0.25, 0.3) is 0 Å². The van der Waals surface area contributed by atoms with Crippen molar-refractivity contribution in [2.24, 2.45) is 5.92 Å². The summed E-state index contributed by atoms with van der Waals surface area (Å²) in [6, 6.07) is 10.0. The van der Waals surface area contributed by atoms with Crippen LogP contribution in [-0.4, -0.2) is 24.2 Å². The molecule has 0 aliphatic heterocycles. The number of unbranched alkanes of at least 4 members (excludes halogenated alkanes) is 3. The Kier molecular flexibility index (Phi) is 8.76. The summed E-state index contributed by atoms with van der Waals surface area (Å²) in [4.78, 5) is 12.5. The Balaban J connectivity index is 2.49. The molecule has 1 rings (SSSR count). The first-order chi connectivity index (χ1) is 10.2. The van der Waals surface area contributed by atoms with Crippen LogP contribution in [0.3, 0.4) is 0 Å². The van der Waals surface area contributed by atoms with E-state index in [4.69, 9.17) is 5.11 Å². The molecule has 0 bridgehead atoms. The summed E-state index contributed by atoms with van der Waals surface area (Å²) < 4.78 is 0. The minimum Gasteiger partial charge on any atom is -0.396 e. The van der Waals surface area contributed by atoms with E-state index >= 15 is 0 Å². The molecule has 0 saturated heterocycles. The molecule has 3 nitrogen and oxygen atoms in total. The summed E-state index contributed by atoms with van der Waals surface area (Å²) in [6.07, 6.45) is 4.91. The molecule has 0 aliphatic rings. The minimum absolute atomic E-state index is 0.0614. The molecule has 0 aliphatic carbocycles. The largest absolute Gasteiger partial charge is 0.396 e. The van der Waals surface area contributed by atoms with Crippen LogP contribution in [0.15, 0.2) is 30.3 Å². The van der Waals surface area contributed by atoms with Crippen LogP contribution in [0, 0.1) is 5.92 Å². The Bertz CT molecular complexity index is 391. The Morgan fingerprint density at radius 1 is 1.14 bits per heavy atom. The molecule has 1 aromatic rings. The predicted octanol–water partition coefficient (Wildman–Crippen LogP) is 3.49. The maximum atomic E-state index is 12.5. The first-order valence-corrected chi connectivity index (χ1v) is 8.14. The Labute approximate surface area is 128 Å². The van der Waals surface area contributed by atoms with Gasteiger partial charge < -0.3 is 10.4 Å². The average molecular weight is 291 g/mol. The molecule has 2 N–H and O–H groups in total. The molecule has 2 unspecified atom stereocenters. The molecular weight excluding hydrogens is 262 g/mol. The summed E-state index contributed by atoms with van der Waals surface area (Å²) in [5.41, 5.74) is 1.10. The van der Waals surface area contributed by atoms with Crippen molar-refractivity contribution in [2.45, 2.75) is 51.9 Å². The van der Waals surface area contributed by atoms with Gasteiger partial charge in [0.05, 0.1) is 5.92 Å². The number of carbonyl (C=O) groups is 1. The van der Waals surface area contributed by atoms with Crippen molar-refractivity contribution in [2.75, 3.05) is 13.2 Å². The highest BCUT2D eigenvalue weighted by atomic mass is 16.2. The second kappa shape index (κ2) is 10.4. The molecule has 0 spiro atoms. The van der Waals surface area contributed by atoms with E-state index in [1.165, 1.54) is 0 Å². The van der Waals surface area contributed by atoms with Crippen LogP contribution in [0.4, 0.5) is 0 Å². The molecule has 0 heterocycles. The molecule has 1 amide bonds. The van der Waals surface area contributed by atoms with Crippen molar-refractivity contribution in [1.82, 2.24) is 5.32 Å². The third kappa shape index (κ3) is 6.30. The fourth-order valence-electron chi connectivity index (χ4n) is 2.55. The van der Waals surface area contributed by atoms with Crippen LogP contribution in [-0.2, 0) is 4.79 Å². The molecule has 0 saturated carbocycles. The third-order valence-electron chi connectivity index (χ3n) is 4.04. The van der Waals surface area contributed by atoms with Crippen LogP contribution in [0.5, 0.6) is 0 Å². The molecule has 0 radical (unpaired) electrons. The van der Waals surface area contributed by atoms with E-state index in [1.807, 2.05) is 30.3 Å². The summed E-state index contributed by atoms with van der Waals surface area (Å²) in [5, 5.41) is 11.8. The summed E-state index contributed by atoms with van der Waals surface area (Å²) in [5.74, 6) is 0.410. The van der Waals surface area contributed by atoms with Gasteiger partial charge in [0.15, 0.2) is 0 Å². The van der Waals surface area contributed by atoms with Crippen molar-refractivity contribution in [3.63, 3.8) is 0 Å². The lowest BCUT2D eigenvalue weighted by Crippen LogP contribution is -2.33. The number of hydrogen-bond acceptors (Lipinski definition) is 2. The first kappa shape index (κ1) is 17.7. The number of amides is 1. The number of rotatable bonds is 10. The van der Waals surface area contributed by atoms with Crippen LogP contribution in [0.1, 0.15) is 57.4 Å². The highest BCUT2D eigenvalue weighted by Gasteiger charge is 2.25. The normalized spacial score (nSPS) is 13.7. The second-order valence-electron chi connectivity index (χ2n) is 5.70. The van der Waals surface area contributed by atoms with E-state index in [2.05, 4.69) is 19.2 Å². The van der Waals surface area contributed by atoms with Gasteiger partial charge in [-0.05, 0) is 24.3 Å². The quantitative estimate of drug-likeness (QED) is 0.648. The van der Waals surface area contributed by atoms with Crippen molar-refractivity contribution in [3.8, 4) is 0 Å². The number of benzene rings is 1. The Hall–Kier alpha value is -1.35. The lowest BCUT2D eigenvalue weighted by atomic mass is 9.85. The third-order valence-corrected chi connectivity index (χ3v) is 4.04. The first-order valence-electron chi connectivity index (χ1n) is 8.14. The maximum Gasteiger partial charge on any atom is 0.227 e. The van der Waals surface area contributed by atoms with Gasteiger partial charge in [-0.2, -0.15) is 0 Å². The molecular formula is C18H29NO2. The number of aliphatic hydroxyl groups is 1. The number of nitrogens with one attached hydrogen (secondary N) is 1. The van der Waals surface area contributed by atoms with Gasteiger partial charge in [-0.3, -0.25) is 4.79 Å². The average Bonchev–Trinajstić information content (AvgIpc) is 2.51. The maximum absolute atomic E-state index is 12.5. The van der Waals surface area contributed by atoms with Gasteiger partial charge in [-0.1, -0.05) is 63.4 Å². The number of hydrogen-bond donors (Lipinski definition) is 2.